The molecule has 1 fully saturated rings. The zero-order chi connectivity index (χ0) is 16.8. The highest BCUT2D eigenvalue weighted by molar-refractivity contribution is 5.81. The summed E-state index contributed by atoms with van der Waals surface area (Å²) in [5.41, 5.74) is 5.51. The van der Waals surface area contributed by atoms with E-state index in [1.54, 1.807) is 0 Å². The van der Waals surface area contributed by atoms with Gasteiger partial charge in [0, 0.05) is 31.6 Å². The molecule has 5 nitrogen and oxygen atoms in total. The average Bonchev–Trinajstić information content (AvgIpc) is 2.46. The topological polar surface area (TPSA) is 75.4 Å². The third kappa shape index (κ3) is 5.59. The summed E-state index contributed by atoms with van der Waals surface area (Å²) in [6, 6.07) is 0. The first-order valence-electron chi connectivity index (χ1n) is 8.61. The Balaban J connectivity index is 2.62. The molecule has 1 aliphatic rings. The highest BCUT2D eigenvalue weighted by Crippen LogP contribution is 2.21. The Bertz CT molecular complexity index is 384. The van der Waals surface area contributed by atoms with Gasteiger partial charge in [0.25, 0.3) is 0 Å². The molecule has 0 aromatic carbocycles. The summed E-state index contributed by atoms with van der Waals surface area (Å²) in [7, 11) is 0. The number of likely N-dealkylation sites (tertiary alicyclic amines) is 1. The molecule has 0 aliphatic carbocycles. The molecule has 0 aromatic rings. The van der Waals surface area contributed by atoms with Crippen molar-refractivity contribution in [1.29, 1.82) is 0 Å². The standard InChI is InChI=1S/C17H33N3O2/c1-5-7-15(21)20-9-6-8-14(11-20)16(22)19-17(4,12-18)10-13(2)3/h13-14H,5-12,18H2,1-4H3,(H,19,22). The van der Waals surface area contributed by atoms with Gasteiger partial charge in [-0.05, 0) is 38.5 Å². The molecule has 3 N–H and O–H groups in total. The number of hydrogen-bond acceptors (Lipinski definition) is 3. The summed E-state index contributed by atoms with van der Waals surface area (Å²) < 4.78 is 0. The van der Waals surface area contributed by atoms with Crippen LogP contribution in [0, 0.1) is 11.8 Å². The van der Waals surface area contributed by atoms with Crippen molar-refractivity contribution in [3.63, 3.8) is 0 Å². The van der Waals surface area contributed by atoms with E-state index >= 15 is 0 Å². The lowest BCUT2D eigenvalue weighted by Gasteiger charge is -2.36. The van der Waals surface area contributed by atoms with Gasteiger partial charge in [0.2, 0.25) is 11.8 Å². The number of nitrogens with zero attached hydrogens (tertiary/aromatic N) is 1. The SMILES string of the molecule is CCCC(=O)N1CCCC(C(=O)NC(C)(CN)CC(C)C)C1. The zero-order valence-electron chi connectivity index (χ0n) is 14.7. The fourth-order valence-electron chi connectivity index (χ4n) is 3.28. The number of carbonyl (C=O) groups is 2. The van der Waals surface area contributed by atoms with Crippen LogP contribution in [-0.2, 0) is 9.59 Å². The lowest BCUT2D eigenvalue weighted by Crippen LogP contribution is -2.55. The lowest BCUT2D eigenvalue weighted by atomic mass is 9.89. The van der Waals surface area contributed by atoms with Crippen LogP contribution < -0.4 is 11.1 Å². The second-order valence-electron chi connectivity index (χ2n) is 7.28. The van der Waals surface area contributed by atoms with Crippen LogP contribution in [0.5, 0.6) is 0 Å². The molecule has 0 aromatic heterocycles. The van der Waals surface area contributed by atoms with E-state index in [1.807, 2.05) is 18.7 Å². The monoisotopic (exact) mass is 311 g/mol. The van der Waals surface area contributed by atoms with Gasteiger partial charge >= 0.3 is 0 Å². The van der Waals surface area contributed by atoms with Crippen molar-refractivity contribution < 1.29 is 9.59 Å². The molecular weight excluding hydrogens is 278 g/mol. The van der Waals surface area contributed by atoms with Crippen LogP contribution in [0.3, 0.4) is 0 Å². The number of nitrogens with two attached hydrogens (primary N) is 1. The van der Waals surface area contributed by atoms with Crippen molar-refractivity contribution in [2.75, 3.05) is 19.6 Å². The highest BCUT2D eigenvalue weighted by atomic mass is 16.2. The summed E-state index contributed by atoms with van der Waals surface area (Å²) in [4.78, 5) is 26.4. The van der Waals surface area contributed by atoms with Gasteiger partial charge < -0.3 is 16.0 Å². The summed E-state index contributed by atoms with van der Waals surface area (Å²) in [5.74, 6) is 0.585. The van der Waals surface area contributed by atoms with Crippen LogP contribution in [0.2, 0.25) is 0 Å². The molecule has 1 rings (SSSR count). The van der Waals surface area contributed by atoms with Crippen LogP contribution in [-0.4, -0.2) is 41.9 Å². The van der Waals surface area contributed by atoms with Crippen molar-refractivity contribution >= 4 is 11.8 Å². The second-order valence-corrected chi connectivity index (χ2v) is 7.28. The van der Waals surface area contributed by atoms with Gasteiger partial charge in [0.15, 0.2) is 0 Å². The Morgan fingerprint density at radius 1 is 1.41 bits per heavy atom. The molecule has 0 bridgehead atoms. The molecule has 0 saturated carbocycles. The fourth-order valence-corrected chi connectivity index (χ4v) is 3.28. The predicted octanol–water partition coefficient (Wildman–Crippen LogP) is 1.90. The Kier molecular flexibility index (Phi) is 7.33. The fraction of sp³-hybridized carbons (Fsp3) is 0.882. The number of rotatable bonds is 7. The molecule has 2 atom stereocenters. The Morgan fingerprint density at radius 2 is 2.09 bits per heavy atom. The lowest BCUT2D eigenvalue weighted by molar-refractivity contribution is -0.136. The third-order valence-electron chi connectivity index (χ3n) is 4.34. The molecule has 1 heterocycles. The largest absolute Gasteiger partial charge is 0.349 e. The van der Waals surface area contributed by atoms with Crippen LogP contribution in [0.25, 0.3) is 0 Å². The number of hydrogen-bond donors (Lipinski definition) is 2. The van der Waals surface area contributed by atoms with E-state index in [-0.39, 0.29) is 23.3 Å². The first-order valence-corrected chi connectivity index (χ1v) is 8.61. The molecule has 22 heavy (non-hydrogen) atoms. The Hall–Kier alpha value is -1.10. The second kappa shape index (κ2) is 8.51. The molecule has 1 saturated heterocycles. The number of amides is 2. The average molecular weight is 311 g/mol. The minimum absolute atomic E-state index is 0.0441. The maximum absolute atomic E-state index is 12.6. The molecular formula is C17H33N3O2. The summed E-state index contributed by atoms with van der Waals surface area (Å²) in [6.07, 6.45) is 4.04. The normalized spacial score (nSPS) is 21.5. The minimum atomic E-state index is -0.360. The van der Waals surface area contributed by atoms with Gasteiger partial charge in [0.05, 0.1) is 5.92 Å². The van der Waals surface area contributed by atoms with Crippen molar-refractivity contribution in [2.24, 2.45) is 17.6 Å². The molecule has 0 radical (unpaired) electrons. The molecule has 128 valence electrons. The van der Waals surface area contributed by atoms with E-state index in [9.17, 15) is 9.59 Å². The summed E-state index contributed by atoms with van der Waals surface area (Å²) in [5, 5.41) is 3.13. The van der Waals surface area contributed by atoms with Gasteiger partial charge in [-0.2, -0.15) is 0 Å². The smallest absolute Gasteiger partial charge is 0.225 e. The van der Waals surface area contributed by atoms with Crippen LogP contribution >= 0.6 is 0 Å². The summed E-state index contributed by atoms with van der Waals surface area (Å²) >= 11 is 0. The van der Waals surface area contributed by atoms with E-state index in [0.717, 1.165) is 32.2 Å². The molecule has 0 spiro atoms. The van der Waals surface area contributed by atoms with Crippen LogP contribution in [0.15, 0.2) is 0 Å². The molecule has 2 amide bonds. The van der Waals surface area contributed by atoms with Crippen LogP contribution in [0.1, 0.15) is 59.8 Å². The highest BCUT2D eigenvalue weighted by Gasteiger charge is 2.32. The first-order chi connectivity index (χ1) is 10.3. The van der Waals surface area contributed by atoms with Gasteiger partial charge in [-0.3, -0.25) is 9.59 Å². The Morgan fingerprint density at radius 3 is 2.64 bits per heavy atom. The molecule has 1 aliphatic heterocycles. The Labute approximate surface area is 135 Å². The van der Waals surface area contributed by atoms with Gasteiger partial charge in [-0.15, -0.1) is 0 Å². The number of carbonyl (C=O) groups excluding carboxylic acids is 2. The maximum atomic E-state index is 12.6. The number of nitrogens with one attached hydrogen (secondary N) is 1. The van der Waals surface area contributed by atoms with E-state index in [1.165, 1.54) is 0 Å². The minimum Gasteiger partial charge on any atom is -0.349 e. The predicted molar refractivity (Wildman–Crippen MR) is 89.3 cm³/mol. The van der Waals surface area contributed by atoms with Crippen molar-refractivity contribution in [3.05, 3.63) is 0 Å². The third-order valence-corrected chi connectivity index (χ3v) is 4.34. The van der Waals surface area contributed by atoms with E-state index in [4.69, 9.17) is 5.73 Å². The number of piperidine rings is 1. The maximum Gasteiger partial charge on any atom is 0.225 e. The van der Waals surface area contributed by atoms with E-state index < -0.39 is 0 Å². The quantitative estimate of drug-likeness (QED) is 0.754. The van der Waals surface area contributed by atoms with Gasteiger partial charge in [-0.1, -0.05) is 20.8 Å². The van der Waals surface area contributed by atoms with E-state index in [2.05, 4.69) is 19.2 Å². The zero-order valence-corrected chi connectivity index (χ0v) is 14.7. The van der Waals surface area contributed by atoms with E-state index in [0.29, 0.717) is 25.4 Å². The van der Waals surface area contributed by atoms with Gasteiger partial charge in [-0.25, -0.2) is 0 Å². The molecule has 2 unspecified atom stereocenters. The van der Waals surface area contributed by atoms with Crippen LogP contribution in [0.4, 0.5) is 0 Å². The van der Waals surface area contributed by atoms with Crippen molar-refractivity contribution in [1.82, 2.24) is 10.2 Å². The summed E-state index contributed by atoms with van der Waals surface area (Å²) in [6.45, 7) is 10.0. The van der Waals surface area contributed by atoms with Crippen molar-refractivity contribution in [2.45, 2.75) is 65.3 Å². The first kappa shape index (κ1) is 18.9. The van der Waals surface area contributed by atoms with Crippen molar-refractivity contribution in [3.8, 4) is 0 Å². The van der Waals surface area contributed by atoms with Gasteiger partial charge in [0.1, 0.15) is 0 Å². The molecule has 5 heteroatoms.